The number of carbonyl (C=O) groups excluding carboxylic acids is 1. The number of rotatable bonds is 3. The van der Waals surface area contributed by atoms with E-state index in [1.54, 1.807) is 33.6 Å². The van der Waals surface area contributed by atoms with Crippen LogP contribution in [0.1, 0.15) is 31.2 Å². The average Bonchev–Trinajstić information content (AvgIpc) is 3.13. The second-order valence-corrected chi connectivity index (χ2v) is 11.0. The summed E-state index contributed by atoms with van der Waals surface area (Å²) in [5.74, 6) is 0. The summed E-state index contributed by atoms with van der Waals surface area (Å²) >= 11 is 11.8. The number of halogens is 2. The van der Waals surface area contributed by atoms with Crippen molar-refractivity contribution in [2.45, 2.75) is 39.8 Å². The lowest BCUT2D eigenvalue weighted by Gasteiger charge is -2.27. The second kappa shape index (κ2) is 7.61. The van der Waals surface area contributed by atoms with Crippen molar-refractivity contribution < 1.29 is 9.53 Å². The first-order chi connectivity index (χ1) is 12.2. The summed E-state index contributed by atoms with van der Waals surface area (Å²) < 4.78 is 7.74. The van der Waals surface area contributed by atoms with Gasteiger partial charge in [0.15, 0.2) is 0 Å². The summed E-state index contributed by atoms with van der Waals surface area (Å²) in [6, 6.07) is 5.72. The molecule has 0 saturated heterocycles. The summed E-state index contributed by atoms with van der Waals surface area (Å²) in [6.07, 6.45) is -0.393. The average molecular weight is 521 g/mol. The van der Waals surface area contributed by atoms with Crippen LogP contribution in [0.3, 0.4) is 0 Å². The van der Waals surface area contributed by atoms with Gasteiger partial charge in [-0.25, -0.2) is 9.78 Å². The standard InChI is InChI=1S/C18H18ClIN2O2S2/c1-10-14-15(26-16(10)20)12(8-13(19)21-14)22(9-11-6-5-7-25-11)17(23)24-18(2,3)4/h5-8H,9H2,1-4H3. The molecule has 0 atom stereocenters. The highest BCUT2D eigenvalue weighted by Crippen LogP contribution is 2.39. The monoisotopic (exact) mass is 520 g/mol. The number of ether oxygens (including phenoxy) is 1. The number of pyridine rings is 1. The molecule has 26 heavy (non-hydrogen) atoms. The Morgan fingerprint density at radius 1 is 1.42 bits per heavy atom. The van der Waals surface area contributed by atoms with E-state index >= 15 is 0 Å². The van der Waals surface area contributed by atoms with Crippen LogP contribution in [-0.4, -0.2) is 16.7 Å². The van der Waals surface area contributed by atoms with Gasteiger partial charge in [-0.3, -0.25) is 4.90 Å². The van der Waals surface area contributed by atoms with Crippen molar-refractivity contribution in [2.24, 2.45) is 0 Å². The van der Waals surface area contributed by atoms with Crippen molar-refractivity contribution in [3.8, 4) is 0 Å². The lowest BCUT2D eigenvalue weighted by molar-refractivity contribution is 0.0578. The Hall–Kier alpha value is -0.900. The fourth-order valence-electron chi connectivity index (χ4n) is 2.43. The predicted octanol–water partition coefficient (Wildman–Crippen LogP) is 6.87. The van der Waals surface area contributed by atoms with Gasteiger partial charge in [-0.1, -0.05) is 17.7 Å². The van der Waals surface area contributed by atoms with E-state index in [1.807, 2.05) is 45.2 Å². The number of anilines is 1. The molecule has 0 fully saturated rings. The molecule has 0 unspecified atom stereocenters. The molecule has 0 saturated carbocycles. The molecule has 4 nitrogen and oxygen atoms in total. The van der Waals surface area contributed by atoms with Crippen LogP contribution >= 0.6 is 56.9 Å². The number of hydrogen-bond donors (Lipinski definition) is 0. The lowest BCUT2D eigenvalue weighted by Crippen LogP contribution is -2.36. The Bertz CT molecular complexity index is 948. The van der Waals surface area contributed by atoms with Gasteiger partial charge in [-0.05, 0) is 67.3 Å². The first-order valence-corrected chi connectivity index (χ1v) is 11.1. The Morgan fingerprint density at radius 3 is 2.77 bits per heavy atom. The zero-order chi connectivity index (χ0) is 19.1. The van der Waals surface area contributed by atoms with Crippen LogP contribution in [0.2, 0.25) is 5.15 Å². The van der Waals surface area contributed by atoms with Crippen LogP contribution in [0.15, 0.2) is 23.6 Å². The number of aromatic nitrogens is 1. The van der Waals surface area contributed by atoms with Gasteiger partial charge >= 0.3 is 6.09 Å². The van der Waals surface area contributed by atoms with Crippen molar-refractivity contribution in [3.63, 3.8) is 0 Å². The maximum absolute atomic E-state index is 13.0. The molecule has 3 aromatic rings. The molecule has 138 valence electrons. The second-order valence-electron chi connectivity index (χ2n) is 6.79. The van der Waals surface area contributed by atoms with Crippen LogP contribution in [0.25, 0.3) is 10.2 Å². The van der Waals surface area contributed by atoms with Crippen LogP contribution in [0, 0.1) is 9.81 Å². The molecular formula is C18H18ClIN2O2S2. The smallest absolute Gasteiger partial charge is 0.415 e. The molecule has 0 radical (unpaired) electrons. The zero-order valence-electron chi connectivity index (χ0n) is 14.8. The molecule has 0 N–H and O–H groups in total. The normalized spacial score (nSPS) is 11.8. The van der Waals surface area contributed by atoms with Crippen molar-refractivity contribution in [1.82, 2.24) is 4.98 Å². The number of fused-ring (bicyclic) bond motifs is 1. The van der Waals surface area contributed by atoms with Gasteiger partial charge in [0.25, 0.3) is 0 Å². The molecule has 3 heterocycles. The molecule has 0 aliphatic rings. The van der Waals surface area contributed by atoms with Crippen molar-refractivity contribution >= 4 is 78.9 Å². The molecule has 0 aliphatic heterocycles. The van der Waals surface area contributed by atoms with Gasteiger partial charge in [0.1, 0.15) is 10.8 Å². The molecule has 0 aromatic carbocycles. The maximum Gasteiger partial charge on any atom is 0.415 e. The van der Waals surface area contributed by atoms with E-state index < -0.39 is 11.7 Å². The van der Waals surface area contributed by atoms with E-state index in [0.29, 0.717) is 11.7 Å². The van der Waals surface area contributed by atoms with E-state index in [4.69, 9.17) is 16.3 Å². The van der Waals surface area contributed by atoms with Crippen LogP contribution in [0.5, 0.6) is 0 Å². The fraction of sp³-hybridized carbons (Fsp3) is 0.333. The number of hydrogen-bond acceptors (Lipinski definition) is 5. The summed E-state index contributed by atoms with van der Waals surface area (Å²) in [5.41, 5.74) is 2.07. The molecule has 0 spiro atoms. The third kappa shape index (κ3) is 4.32. The minimum Gasteiger partial charge on any atom is -0.443 e. The Morgan fingerprint density at radius 2 is 2.15 bits per heavy atom. The van der Waals surface area contributed by atoms with Gasteiger partial charge < -0.3 is 4.74 Å². The minimum atomic E-state index is -0.583. The van der Waals surface area contributed by atoms with E-state index in [2.05, 4.69) is 27.6 Å². The molecule has 0 bridgehead atoms. The van der Waals surface area contributed by atoms with Crippen molar-refractivity contribution in [1.29, 1.82) is 0 Å². The Labute approximate surface area is 179 Å². The number of carbonyl (C=O) groups is 1. The van der Waals surface area contributed by atoms with Gasteiger partial charge in [-0.15, -0.1) is 22.7 Å². The molecule has 8 heteroatoms. The third-order valence-electron chi connectivity index (χ3n) is 3.56. The quantitative estimate of drug-likeness (QED) is 0.280. The van der Waals surface area contributed by atoms with Crippen LogP contribution in [-0.2, 0) is 11.3 Å². The van der Waals surface area contributed by atoms with E-state index in [-0.39, 0.29) is 0 Å². The van der Waals surface area contributed by atoms with Gasteiger partial charge in [0.05, 0.1) is 25.3 Å². The number of nitrogens with zero attached hydrogens (tertiary/aromatic N) is 2. The molecule has 0 aliphatic carbocycles. The zero-order valence-corrected chi connectivity index (χ0v) is 19.3. The van der Waals surface area contributed by atoms with Crippen LogP contribution in [0.4, 0.5) is 10.5 Å². The molecule has 3 rings (SSSR count). The van der Waals surface area contributed by atoms with Crippen molar-refractivity contribution in [3.05, 3.63) is 42.1 Å². The van der Waals surface area contributed by atoms with Crippen LogP contribution < -0.4 is 4.90 Å². The molecule has 1 amide bonds. The summed E-state index contributed by atoms with van der Waals surface area (Å²) in [6.45, 7) is 8.03. The predicted molar refractivity (Wildman–Crippen MR) is 119 cm³/mol. The largest absolute Gasteiger partial charge is 0.443 e. The number of thiophene rings is 2. The SMILES string of the molecule is Cc1c(I)sc2c(N(Cc3cccs3)C(=O)OC(C)(C)C)cc(Cl)nc12. The fourth-order valence-corrected chi connectivity index (χ4v) is 5.22. The van der Waals surface area contributed by atoms with Gasteiger partial charge in [0.2, 0.25) is 0 Å². The Kier molecular flexibility index (Phi) is 5.81. The summed E-state index contributed by atoms with van der Waals surface area (Å²) in [7, 11) is 0. The van der Waals surface area contributed by atoms with E-state index in [1.165, 1.54) is 0 Å². The third-order valence-corrected chi connectivity index (χ3v) is 7.18. The minimum absolute atomic E-state index is 0.365. The van der Waals surface area contributed by atoms with Gasteiger partial charge in [-0.2, -0.15) is 0 Å². The van der Waals surface area contributed by atoms with Crippen molar-refractivity contribution in [2.75, 3.05) is 4.90 Å². The number of amides is 1. The Balaban J connectivity index is 2.13. The lowest BCUT2D eigenvalue weighted by atomic mass is 10.2. The molecular weight excluding hydrogens is 503 g/mol. The topological polar surface area (TPSA) is 42.4 Å². The first-order valence-electron chi connectivity index (χ1n) is 7.94. The highest BCUT2D eigenvalue weighted by atomic mass is 127. The van der Waals surface area contributed by atoms with E-state index in [0.717, 1.165) is 29.2 Å². The maximum atomic E-state index is 13.0. The highest BCUT2D eigenvalue weighted by molar-refractivity contribution is 14.1. The number of aryl methyl sites for hydroxylation is 1. The van der Waals surface area contributed by atoms with E-state index in [9.17, 15) is 4.79 Å². The molecule has 3 aromatic heterocycles. The first kappa shape index (κ1) is 19.9. The summed E-state index contributed by atoms with van der Waals surface area (Å²) in [5, 5.41) is 2.36. The highest BCUT2D eigenvalue weighted by Gasteiger charge is 2.27. The van der Waals surface area contributed by atoms with Gasteiger partial charge in [0, 0.05) is 10.9 Å². The summed E-state index contributed by atoms with van der Waals surface area (Å²) in [4.78, 5) is 20.2.